The second kappa shape index (κ2) is 8.91. The van der Waals surface area contributed by atoms with Gasteiger partial charge in [0.25, 0.3) is 0 Å². The first-order valence-electron chi connectivity index (χ1n) is 9.58. The van der Waals surface area contributed by atoms with E-state index >= 15 is 0 Å². The van der Waals surface area contributed by atoms with Gasteiger partial charge in [-0.2, -0.15) is 0 Å². The van der Waals surface area contributed by atoms with Crippen LogP contribution in [-0.4, -0.2) is 35.8 Å². The van der Waals surface area contributed by atoms with Gasteiger partial charge in [-0.05, 0) is 49.1 Å². The molecule has 1 saturated heterocycles. The van der Waals surface area contributed by atoms with Crippen molar-refractivity contribution < 1.29 is 19.4 Å². The lowest BCUT2D eigenvalue weighted by atomic mass is 9.84. The van der Waals surface area contributed by atoms with E-state index in [0.717, 1.165) is 29.9 Å². The first kappa shape index (κ1) is 19.2. The summed E-state index contributed by atoms with van der Waals surface area (Å²) in [4.78, 5) is 13.7. The Labute approximate surface area is 160 Å². The van der Waals surface area contributed by atoms with Crippen LogP contribution in [0.1, 0.15) is 38.2 Å². The van der Waals surface area contributed by atoms with Crippen molar-refractivity contribution >= 4 is 6.09 Å². The van der Waals surface area contributed by atoms with E-state index in [9.17, 15) is 9.90 Å². The zero-order valence-electron chi connectivity index (χ0n) is 15.8. The molecular weight excluding hydrogens is 342 g/mol. The Kier molecular flexibility index (Phi) is 6.35. The van der Waals surface area contributed by atoms with E-state index < -0.39 is 5.60 Å². The lowest BCUT2D eigenvalue weighted by molar-refractivity contribution is -0.0248. The van der Waals surface area contributed by atoms with E-state index in [1.807, 2.05) is 54.6 Å². The fourth-order valence-corrected chi connectivity index (χ4v) is 3.20. The van der Waals surface area contributed by atoms with E-state index in [2.05, 4.69) is 6.92 Å². The van der Waals surface area contributed by atoms with Crippen molar-refractivity contribution in [2.24, 2.45) is 0 Å². The molecule has 1 aliphatic rings. The molecule has 1 fully saturated rings. The van der Waals surface area contributed by atoms with Crippen LogP contribution >= 0.6 is 0 Å². The Morgan fingerprint density at radius 3 is 2.30 bits per heavy atom. The van der Waals surface area contributed by atoms with Gasteiger partial charge >= 0.3 is 6.09 Å². The number of rotatable bonds is 6. The first-order chi connectivity index (χ1) is 13.1. The molecule has 0 spiro atoms. The summed E-state index contributed by atoms with van der Waals surface area (Å²) in [6.07, 6.45) is 2.58. The normalized spacial score (nSPS) is 16.0. The minimum atomic E-state index is -0.925. The number of hydrogen-bond acceptors (Lipinski definition) is 4. The van der Waals surface area contributed by atoms with Gasteiger partial charge in [0.15, 0.2) is 0 Å². The zero-order valence-corrected chi connectivity index (χ0v) is 15.8. The van der Waals surface area contributed by atoms with Gasteiger partial charge in [0.2, 0.25) is 0 Å². The number of para-hydroxylation sites is 1. The van der Waals surface area contributed by atoms with Gasteiger partial charge in [-0.15, -0.1) is 0 Å². The Bertz CT molecular complexity index is 722. The summed E-state index contributed by atoms with van der Waals surface area (Å²) in [5.74, 6) is 1.50. The van der Waals surface area contributed by atoms with E-state index in [1.165, 1.54) is 0 Å². The topological polar surface area (TPSA) is 59.0 Å². The molecule has 27 heavy (non-hydrogen) atoms. The molecule has 0 unspecified atom stereocenters. The van der Waals surface area contributed by atoms with Gasteiger partial charge in [-0.1, -0.05) is 43.7 Å². The quantitative estimate of drug-likeness (QED) is 0.750. The van der Waals surface area contributed by atoms with Gasteiger partial charge in [-0.3, -0.25) is 0 Å². The van der Waals surface area contributed by atoms with Gasteiger partial charge < -0.3 is 19.5 Å². The van der Waals surface area contributed by atoms with Crippen molar-refractivity contribution in [2.45, 2.75) is 38.2 Å². The highest BCUT2D eigenvalue weighted by Crippen LogP contribution is 2.34. The van der Waals surface area contributed by atoms with Crippen molar-refractivity contribution in [3.8, 4) is 11.5 Å². The molecule has 2 aromatic carbocycles. The van der Waals surface area contributed by atoms with Crippen LogP contribution in [0.3, 0.4) is 0 Å². The third kappa shape index (κ3) is 5.01. The number of hydrogen-bond donors (Lipinski definition) is 1. The monoisotopic (exact) mass is 369 g/mol. The molecule has 1 amide bonds. The SMILES string of the molecule is CCCCOC(=O)N1CCC(O)(c2ccc(Oc3ccccc3)cc2)CC1. The molecule has 144 valence electrons. The maximum Gasteiger partial charge on any atom is 0.409 e. The molecular formula is C22H27NO4. The van der Waals surface area contributed by atoms with Crippen LogP contribution < -0.4 is 4.74 Å². The summed E-state index contributed by atoms with van der Waals surface area (Å²) in [6, 6.07) is 17.1. The van der Waals surface area contributed by atoms with Crippen LogP contribution in [0.2, 0.25) is 0 Å². The number of aliphatic hydroxyl groups is 1. The summed E-state index contributed by atoms with van der Waals surface area (Å²) >= 11 is 0. The maximum absolute atomic E-state index is 12.0. The summed E-state index contributed by atoms with van der Waals surface area (Å²) in [6.45, 7) is 3.50. The van der Waals surface area contributed by atoms with E-state index in [-0.39, 0.29) is 6.09 Å². The molecule has 1 heterocycles. The number of likely N-dealkylation sites (tertiary alicyclic amines) is 1. The molecule has 0 saturated carbocycles. The van der Waals surface area contributed by atoms with Crippen molar-refractivity contribution in [1.29, 1.82) is 0 Å². The molecule has 3 rings (SSSR count). The zero-order chi connectivity index (χ0) is 19.1. The van der Waals surface area contributed by atoms with Gasteiger partial charge in [0, 0.05) is 13.1 Å². The molecule has 1 N–H and O–H groups in total. The number of carbonyl (C=O) groups is 1. The Hall–Kier alpha value is -2.53. The minimum Gasteiger partial charge on any atom is -0.457 e. The number of ether oxygens (including phenoxy) is 2. The van der Waals surface area contributed by atoms with Gasteiger partial charge in [-0.25, -0.2) is 4.79 Å². The van der Waals surface area contributed by atoms with Crippen molar-refractivity contribution in [2.75, 3.05) is 19.7 Å². The summed E-state index contributed by atoms with van der Waals surface area (Å²) in [5, 5.41) is 11.0. The predicted molar refractivity (Wildman–Crippen MR) is 104 cm³/mol. The molecule has 5 heteroatoms. The van der Waals surface area contributed by atoms with Gasteiger partial charge in [0.05, 0.1) is 12.2 Å². The number of amides is 1. The third-order valence-electron chi connectivity index (χ3n) is 4.94. The minimum absolute atomic E-state index is 0.280. The number of piperidine rings is 1. The Balaban J connectivity index is 1.56. The van der Waals surface area contributed by atoms with Crippen LogP contribution in [0.5, 0.6) is 11.5 Å². The second-order valence-electron chi connectivity index (χ2n) is 6.93. The summed E-state index contributed by atoms with van der Waals surface area (Å²) in [7, 11) is 0. The van der Waals surface area contributed by atoms with E-state index in [0.29, 0.717) is 32.5 Å². The highest BCUT2D eigenvalue weighted by molar-refractivity contribution is 5.67. The van der Waals surface area contributed by atoms with Crippen LogP contribution in [-0.2, 0) is 10.3 Å². The lowest BCUT2D eigenvalue weighted by Gasteiger charge is -2.38. The average molecular weight is 369 g/mol. The highest BCUT2D eigenvalue weighted by Gasteiger charge is 2.35. The predicted octanol–water partition coefficient (Wildman–Crippen LogP) is 4.70. The number of nitrogens with zero attached hydrogens (tertiary/aromatic N) is 1. The molecule has 0 aromatic heterocycles. The highest BCUT2D eigenvalue weighted by atomic mass is 16.6. The molecule has 2 aromatic rings. The number of carbonyl (C=O) groups excluding carboxylic acids is 1. The standard InChI is InChI=1S/C22H27NO4/c1-2-3-17-26-21(24)23-15-13-22(25,14-16-23)18-9-11-20(12-10-18)27-19-7-5-4-6-8-19/h4-12,25H,2-3,13-17H2,1H3. The number of unbranched alkanes of at least 4 members (excludes halogenated alkanes) is 1. The largest absolute Gasteiger partial charge is 0.457 e. The van der Waals surface area contributed by atoms with Gasteiger partial charge in [0.1, 0.15) is 11.5 Å². The van der Waals surface area contributed by atoms with E-state index in [1.54, 1.807) is 4.90 Å². The van der Waals surface area contributed by atoms with Crippen molar-refractivity contribution in [1.82, 2.24) is 4.90 Å². The van der Waals surface area contributed by atoms with Crippen LogP contribution in [0.15, 0.2) is 54.6 Å². The van der Waals surface area contributed by atoms with Crippen molar-refractivity contribution in [3.05, 3.63) is 60.2 Å². The molecule has 0 aliphatic carbocycles. The molecule has 0 bridgehead atoms. The first-order valence-corrected chi connectivity index (χ1v) is 9.58. The second-order valence-corrected chi connectivity index (χ2v) is 6.93. The molecule has 5 nitrogen and oxygen atoms in total. The average Bonchev–Trinajstić information content (AvgIpc) is 2.70. The van der Waals surface area contributed by atoms with E-state index in [4.69, 9.17) is 9.47 Å². The molecule has 0 radical (unpaired) electrons. The third-order valence-corrected chi connectivity index (χ3v) is 4.94. The van der Waals surface area contributed by atoms with Crippen LogP contribution in [0, 0.1) is 0 Å². The Morgan fingerprint density at radius 1 is 1.04 bits per heavy atom. The fraction of sp³-hybridized carbons (Fsp3) is 0.409. The lowest BCUT2D eigenvalue weighted by Crippen LogP contribution is -2.45. The number of benzene rings is 2. The van der Waals surface area contributed by atoms with Crippen LogP contribution in [0.25, 0.3) is 0 Å². The fourth-order valence-electron chi connectivity index (χ4n) is 3.20. The summed E-state index contributed by atoms with van der Waals surface area (Å²) < 4.78 is 11.1. The van der Waals surface area contributed by atoms with Crippen molar-refractivity contribution in [3.63, 3.8) is 0 Å². The Morgan fingerprint density at radius 2 is 1.67 bits per heavy atom. The maximum atomic E-state index is 12.0. The molecule has 1 aliphatic heterocycles. The van der Waals surface area contributed by atoms with Crippen LogP contribution in [0.4, 0.5) is 4.79 Å². The summed E-state index contributed by atoms with van der Waals surface area (Å²) in [5.41, 5.74) is -0.0761. The molecule has 0 atom stereocenters. The smallest absolute Gasteiger partial charge is 0.409 e.